The Balaban J connectivity index is 3.82. The van der Waals surface area contributed by atoms with Crippen LogP contribution in [-0.4, -0.2) is 0 Å². The second-order valence-electron chi connectivity index (χ2n) is 4.68. The van der Waals surface area contributed by atoms with Gasteiger partial charge in [0.25, 0.3) is 0 Å². The van der Waals surface area contributed by atoms with Crippen LogP contribution in [0, 0.1) is 17.8 Å². The topological polar surface area (TPSA) is 0 Å². The van der Waals surface area contributed by atoms with Gasteiger partial charge in [-0.15, -0.1) is 0 Å². The van der Waals surface area contributed by atoms with Gasteiger partial charge >= 0.3 is 0 Å². The third-order valence-corrected chi connectivity index (χ3v) is 3.46. The van der Waals surface area contributed by atoms with E-state index in [4.69, 9.17) is 0 Å². The molecular weight excluding hydrogens is 156 g/mol. The first-order valence-electron chi connectivity index (χ1n) is 6.15. The van der Waals surface area contributed by atoms with Crippen LogP contribution in [0.4, 0.5) is 0 Å². The predicted octanol–water partition coefficient (Wildman–Crippen LogP) is 4.89. The molecule has 0 nitrogen and oxygen atoms in total. The van der Waals surface area contributed by atoms with Gasteiger partial charge in [0, 0.05) is 0 Å². The highest BCUT2D eigenvalue weighted by molar-refractivity contribution is 4.67. The molecule has 0 heterocycles. The first kappa shape index (κ1) is 13.0. The first-order valence-corrected chi connectivity index (χ1v) is 6.15. The molecule has 0 aliphatic carbocycles. The number of hydrogen-bond donors (Lipinski definition) is 0. The predicted molar refractivity (Wildman–Crippen MR) is 61.9 cm³/mol. The molecule has 0 heteroatoms. The molecule has 0 bridgehead atoms. The Morgan fingerprint density at radius 1 is 0.923 bits per heavy atom. The molecule has 0 rings (SSSR count). The van der Waals surface area contributed by atoms with Gasteiger partial charge in [-0.3, -0.25) is 0 Å². The molecule has 3 atom stereocenters. The van der Waals surface area contributed by atoms with Crippen LogP contribution >= 0.6 is 0 Å². The lowest BCUT2D eigenvalue weighted by Gasteiger charge is -2.24. The van der Waals surface area contributed by atoms with Gasteiger partial charge in [0.2, 0.25) is 0 Å². The van der Waals surface area contributed by atoms with Crippen LogP contribution in [0.5, 0.6) is 0 Å². The summed E-state index contributed by atoms with van der Waals surface area (Å²) in [6, 6.07) is 0. The van der Waals surface area contributed by atoms with E-state index in [0.29, 0.717) is 0 Å². The van der Waals surface area contributed by atoms with Crippen molar-refractivity contribution in [2.24, 2.45) is 17.8 Å². The van der Waals surface area contributed by atoms with E-state index in [2.05, 4.69) is 34.6 Å². The lowest BCUT2D eigenvalue weighted by atomic mass is 9.82. The van der Waals surface area contributed by atoms with Crippen molar-refractivity contribution >= 4 is 0 Å². The Morgan fingerprint density at radius 3 is 1.92 bits per heavy atom. The van der Waals surface area contributed by atoms with Crippen molar-refractivity contribution < 1.29 is 0 Å². The van der Waals surface area contributed by atoms with Gasteiger partial charge in [-0.2, -0.15) is 0 Å². The molecule has 0 radical (unpaired) electrons. The summed E-state index contributed by atoms with van der Waals surface area (Å²) in [5.74, 6) is 2.82. The maximum atomic E-state index is 2.44. The Bertz CT molecular complexity index is 107. The third kappa shape index (κ3) is 5.33. The zero-order valence-electron chi connectivity index (χ0n) is 10.3. The fourth-order valence-corrected chi connectivity index (χ4v) is 2.26. The molecule has 0 aromatic carbocycles. The lowest BCUT2D eigenvalue weighted by Crippen LogP contribution is -2.13. The Morgan fingerprint density at radius 2 is 1.54 bits per heavy atom. The summed E-state index contributed by atoms with van der Waals surface area (Å²) in [6.07, 6.45) is 6.91. The van der Waals surface area contributed by atoms with Crippen molar-refractivity contribution in [3.63, 3.8) is 0 Å². The normalized spacial score (nSPS) is 18.2. The molecule has 0 aliphatic rings. The molecule has 13 heavy (non-hydrogen) atoms. The van der Waals surface area contributed by atoms with E-state index >= 15 is 0 Å². The standard InChI is InChI=1S/C13H28/c1-6-9-13(8-3)12(5)10-11(4)7-2/h11-13H,6-10H2,1-5H3/t11-,12+,13-/m1/s1. The molecule has 0 aromatic heterocycles. The van der Waals surface area contributed by atoms with Crippen LogP contribution in [0.25, 0.3) is 0 Å². The summed E-state index contributed by atoms with van der Waals surface area (Å²) in [4.78, 5) is 0. The molecule has 0 aliphatic heterocycles. The van der Waals surface area contributed by atoms with E-state index in [1.165, 1.54) is 32.1 Å². The van der Waals surface area contributed by atoms with Crippen LogP contribution in [-0.2, 0) is 0 Å². The van der Waals surface area contributed by atoms with Gasteiger partial charge < -0.3 is 0 Å². The highest BCUT2D eigenvalue weighted by Gasteiger charge is 2.16. The Hall–Kier alpha value is 0. The largest absolute Gasteiger partial charge is 0.0654 e. The van der Waals surface area contributed by atoms with Gasteiger partial charge in [0.1, 0.15) is 0 Å². The minimum absolute atomic E-state index is 0.918. The molecule has 0 saturated carbocycles. The minimum Gasteiger partial charge on any atom is -0.0654 e. The molecule has 80 valence electrons. The van der Waals surface area contributed by atoms with Crippen LogP contribution in [0.3, 0.4) is 0 Å². The second kappa shape index (κ2) is 7.41. The van der Waals surface area contributed by atoms with E-state index in [9.17, 15) is 0 Å². The molecule has 0 unspecified atom stereocenters. The smallest absolute Gasteiger partial charge is 0.0391 e. The Labute approximate surface area is 85.1 Å². The van der Waals surface area contributed by atoms with E-state index in [0.717, 1.165) is 17.8 Å². The van der Waals surface area contributed by atoms with E-state index < -0.39 is 0 Å². The summed E-state index contributed by atoms with van der Waals surface area (Å²) in [7, 11) is 0. The van der Waals surface area contributed by atoms with Gasteiger partial charge in [-0.05, 0) is 24.2 Å². The van der Waals surface area contributed by atoms with Crippen LogP contribution in [0.15, 0.2) is 0 Å². The highest BCUT2D eigenvalue weighted by atomic mass is 14.2. The second-order valence-corrected chi connectivity index (χ2v) is 4.68. The first-order chi connectivity index (χ1) is 6.15. The van der Waals surface area contributed by atoms with Crippen molar-refractivity contribution in [3.8, 4) is 0 Å². The van der Waals surface area contributed by atoms with Gasteiger partial charge in [0.15, 0.2) is 0 Å². The van der Waals surface area contributed by atoms with Crippen molar-refractivity contribution in [1.29, 1.82) is 0 Å². The van der Waals surface area contributed by atoms with E-state index in [-0.39, 0.29) is 0 Å². The van der Waals surface area contributed by atoms with Crippen molar-refractivity contribution in [2.75, 3.05) is 0 Å². The highest BCUT2D eigenvalue weighted by Crippen LogP contribution is 2.27. The van der Waals surface area contributed by atoms with E-state index in [1.54, 1.807) is 0 Å². The quantitative estimate of drug-likeness (QED) is 0.528. The zero-order valence-corrected chi connectivity index (χ0v) is 10.3. The third-order valence-electron chi connectivity index (χ3n) is 3.46. The molecule has 0 N–H and O–H groups in total. The monoisotopic (exact) mass is 184 g/mol. The van der Waals surface area contributed by atoms with Gasteiger partial charge in [0.05, 0.1) is 0 Å². The average molecular weight is 184 g/mol. The minimum atomic E-state index is 0.918. The number of hydrogen-bond acceptors (Lipinski definition) is 0. The molecule has 0 aromatic rings. The van der Waals surface area contributed by atoms with Gasteiger partial charge in [-0.1, -0.05) is 60.3 Å². The van der Waals surface area contributed by atoms with Crippen molar-refractivity contribution in [2.45, 2.75) is 66.7 Å². The average Bonchev–Trinajstić information content (AvgIpc) is 2.13. The molecular formula is C13H28. The van der Waals surface area contributed by atoms with E-state index in [1.807, 2.05) is 0 Å². The lowest BCUT2D eigenvalue weighted by molar-refractivity contribution is 0.269. The van der Waals surface area contributed by atoms with Crippen LogP contribution in [0.1, 0.15) is 66.7 Å². The molecule has 0 saturated heterocycles. The SMILES string of the molecule is CCC[C@@H](CC)[C@@H](C)C[C@H](C)CC. The fourth-order valence-electron chi connectivity index (χ4n) is 2.26. The van der Waals surface area contributed by atoms with Crippen LogP contribution in [0.2, 0.25) is 0 Å². The summed E-state index contributed by atoms with van der Waals surface area (Å²) in [5.41, 5.74) is 0. The summed E-state index contributed by atoms with van der Waals surface area (Å²) >= 11 is 0. The number of rotatable bonds is 7. The fraction of sp³-hybridized carbons (Fsp3) is 1.00. The summed E-state index contributed by atoms with van der Waals surface area (Å²) in [6.45, 7) is 11.8. The summed E-state index contributed by atoms with van der Waals surface area (Å²) in [5, 5.41) is 0. The van der Waals surface area contributed by atoms with Crippen molar-refractivity contribution in [1.82, 2.24) is 0 Å². The molecule has 0 fully saturated rings. The van der Waals surface area contributed by atoms with Crippen LogP contribution < -0.4 is 0 Å². The molecule has 0 spiro atoms. The van der Waals surface area contributed by atoms with Gasteiger partial charge in [-0.25, -0.2) is 0 Å². The maximum Gasteiger partial charge on any atom is -0.0391 e. The maximum absolute atomic E-state index is 2.44. The molecule has 0 amide bonds. The summed E-state index contributed by atoms with van der Waals surface area (Å²) < 4.78 is 0. The van der Waals surface area contributed by atoms with Crippen molar-refractivity contribution in [3.05, 3.63) is 0 Å². The zero-order chi connectivity index (χ0) is 10.3. The Kier molecular flexibility index (Phi) is 7.41.